The number of benzene rings is 3. The van der Waals surface area contributed by atoms with Crippen LogP contribution in [0.1, 0.15) is 10.4 Å². The number of halogens is 1. The summed E-state index contributed by atoms with van der Waals surface area (Å²) in [5.41, 5.74) is 1.61. The first-order valence-electron chi connectivity index (χ1n) is 9.54. The normalized spacial score (nSPS) is 12.1. The SMILES string of the molecule is C=CCn1c(=NC(=O)c2ccc(NS(=O)(=O)c3ccccc3)cc2)sc2cc(Cl)ccc21. The number of allylic oxidation sites excluding steroid dienone is 1. The Kier molecular flexibility index (Phi) is 6.27. The highest BCUT2D eigenvalue weighted by Gasteiger charge is 2.14. The Morgan fingerprint density at radius 2 is 1.81 bits per heavy atom. The number of thiazole rings is 1. The van der Waals surface area contributed by atoms with Crippen molar-refractivity contribution >= 4 is 54.8 Å². The lowest BCUT2D eigenvalue weighted by atomic mass is 10.2. The molecule has 162 valence electrons. The quantitative estimate of drug-likeness (QED) is 0.388. The summed E-state index contributed by atoms with van der Waals surface area (Å²) in [5.74, 6) is -0.432. The zero-order valence-corrected chi connectivity index (χ0v) is 19.1. The molecule has 0 atom stereocenters. The smallest absolute Gasteiger partial charge is 0.279 e. The second kappa shape index (κ2) is 9.12. The number of nitrogens with zero attached hydrogens (tertiary/aromatic N) is 2. The summed E-state index contributed by atoms with van der Waals surface area (Å²) in [5, 5.41) is 0.607. The molecule has 0 bridgehead atoms. The Morgan fingerprint density at radius 1 is 1.09 bits per heavy atom. The number of hydrogen-bond donors (Lipinski definition) is 1. The monoisotopic (exact) mass is 483 g/mol. The summed E-state index contributed by atoms with van der Waals surface area (Å²) in [4.78, 5) is 17.7. The van der Waals surface area contributed by atoms with Crippen LogP contribution in [0.15, 0.2) is 95.3 Å². The molecule has 4 aromatic rings. The lowest BCUT2D eigenvalue weighted by Crippen LogP contribution is -2.16. The third kappa shape index (κ3) is 4.67. The number of nitrogens with one attached hydrogen (secondary N) is 1. The summed E-state index contributed by atoms with van der Waals surface area (Å²) in [6.45, 7) is 4.27. The van der Waals surface area contributed by atoms with Gasteiger partial charge in [-0.2, -0.15) is 4.99 Å². The molecule has 0 saturated carbocycles. The number of aromatic nitrogens is 1. The largest absolute Gasteiger partial charge is 0.312 e. The van der Waals surface area contributed by atoms with E-state index >= 15 is 0 Å². The van der Waals surface area contributed by atoms with Crippen LogP contribution < -0.4 is 9.52 Å². The molecule has 0 radical (unpaired) electrons. The number of carbonyl (C=O) groups is 1. The zero-order chi connectivity index (χ0) is 22.7. The molecule has 6 nitrogen and oxygen atoms in total. The van der Waals surface area contributed by atoms with E-state index in [1.165, 1.54) is 47.7 Å². The molecule has 0 fully saturated rings. The molecule has 1 aromatic heterocycles. The van der Waals surface area contributed by atoms with Crippen molar-refractivity contribution in [3.05, 3.63) is 101 Å². The average Bonchev–Trinajstić information content (AvgIpc) is 3.10. The van der Waals surface area contributed by atoms with Crippen LogP contribution in [-0.4, -0.2) is 18.9 Å². The summed E-state index contributed by atoms with van der Waals surface area (Å²) in [7, 11) is -3.71. The van der Waals surface area contributed by atoms with E-state index in [9.17, 15) is 13.2 Å². The highest BCUT2D eigenvalue weighted by atomic mass is 35.5. The van der Waals surface area contributed by atoms with Gasteiger partial charge in [0.2, 0.25) is 0 Å². The second-order valence-corrected chi connectivity index (χ2v) is 9.94. The van der Waals surface area contributed by atoms with E-state index in [-0.39, 0.29) is 4.90 Å². The van der Waals surface area contributed by atoms with E-state index in [1.54, 1.807) is 30.3 Å². The maximum atomic E-state index is 12.8. The van der Waals surface area contributed by atoms with Crippen LogP contribution in [-0.2, 0) is 16.6 Å². The van der Waals surface area contributed by atoms with Crippen LogP contribution in [0.3, 0.4) is 0 Å². The molecule has 1 N–H and O–H groups in total. The van der Waals surface area contributed by atoms with Gasteiger partial charge in [0.1, 0.15) is 0 Å². The Balaban J connectivity index is 1.61. The Labute approximate surface area is 194 Å². The minimum absolute atomic E-state index is 0.159. The van der Waals surface area contributed by atoms with Crippen LogP contribution in [0.25, 0.3) is 10.2 Å². The third-order valence-corrected chi connectivity index (χ3v) is 7.26. The summed E-state index contributed by atoms with van der Waals surface area (Å²) in [6.07, 6.45) is 1.73. The fourth-order valence-electron chi connectivity index (χ4n) is 3.08. The molecule has 4 rings (SSSR count). The first kappa shape index (κ1) is 22.0. The van der Waals surface area contributed by atoms with E-state index in [1.807, 2.05) is 16.7 Å². The number of carbonyl (C=O) groups excluding carboxylic acids is 1. The van der Waals surface area contributed by atoms with Gasteiger partial charge in [-0.15, -0.1) is 6.58 Å². The van der Waals surface area contributed by atoms with Crippen LogP contribution >= 0.6 is 22.9 Å². The number of fused-ring (bicyclic) bond motifs is 1. The number of amides is 1. The van der Waals surface area contributed by atoms with Crippen molar-refractivity contribution < 1.29 is 13.2 Å². The summed E-state index contributed by atoms with van der Waals surface area (Å²) < 4.78 is 30.2. The van der Waals surface area contributed by atoms with Gasteiger partial charge in [-0.05, 0) is 54.6 Å². The van der Waals surface area contributed by atoms with Crippen molar-refractivity contribution in [3.8, 4) is 0 Å². The fraction of sp³-hybridized carbons (Fsp3) is 0.0435. The second-order valence-electron chi connectivity index (χ2n) is 6.81. The first-order valence-corrected chi connectivity index (χ1v) is 12.2. The Hall–Kier alpha value is -3.20. The molecule has 1 heterocycles. The number of hydrogen-bond acceptors (Lipinski definition) is 4. The summed E-state index contributed by atoms with van der Waals surface area (Å²) >= 11 is 7.45. The van der Waals surface area contributed by atoms with Gasteiger partial charge in [0.05, 0.1) is 15.1 Å². The first-order chi connectivity index (χ1) is 15.4. The molecule has 0 saturated heterocycles. The molecule has 0 aliphatic heterocycles. The van der Waals surface area contributed by atoms with Gasteiger partial charge >= 0.3 is 0 Å². The Bertz CT molecular complexity index is 1470. The number of rotatable bonds is 6. The minimum Gasteiger partial charge on any atom is -0.312 e. The lowest BCUT2D eigenvalue weighted by Gasteiger charge is -2.08. The Morgan fingerprint density at radius 3 is 2.50 bits per heavy atom. The van der Waals surface area contributed by atoms with Gasteiger partial charge in [-0.25, -0.2) is 8.42 Å². The van der Waals surface area contributed by atoms with Gasteiger partial charge in [-0.1, -0.05) is 47.2 Å². The van der Waals surface area contributed by atoms with E-state index in [2.05, 4.69) is 16.3 Å². The summed E-state index contributed by atoms with van der Waals surface area (Å²) in [6, 6.07) is 19.7. The number of anilines is 1. The molecule has 3 aromatic carbocycles. The molecular weight excluding hydrogens is 466 g/mol. The van der Waals surface area contributed by atoms with Gasteiger partial charge < -0.3 is 4.57 Å². The number of sulfonamides is 1. The molecule has 0 aliphatic rings. The maximum Gasteiger partial charge on any atom is 0.279 e. The van der Waals surface area contributed by atoms with Gasteiger partial charge in [0.15, 0.2) is 4.80 Å². The highest BCUT2D eigenvalue weighted by Crippen LogP contribution is 2.22. The predicted molar refractivity (Wildman–Crippen MR) is 129 cm³/mol. The molecule has 0 unspecified atom stereocenters. The fourth-order valence-corrected chi connectivity index (χ4v) is 5.48. The lowest BCUT2D eigenvalue weighted by molar-refractivity contribution is 0.0998. The van der Waals surface area contributed by atoms with E-state index in [4.69, 9.17) is 11.6 Å². The predicted octanol–water partition coefficient (Wildman–Crippen LogP) is 5.08. The van der Waals surface area contributed by atoms with Crippen LogP contribution in [0.4, 0.5) is 5.69 Å². The standard InChI is InChI=1S/C23H18ClN3O3S2/c1-2-14-27-20-13-10-17(24)15-21(20)31-23(27)25-22(28)16-8-11-18(12-9-16)26-32(29,30)19-6-4-3-5-7-19/h2-13,15,26H,1,14H2. The van der Waals surface area contributed by atoms with Gasteiger partial charge in [-0.3, -0.25) is 9.52 Å². The van der Waals surface area contributed by atoms with E-state index in [0.717, 1.165) is 10.2 Å². The molecule has 1 amide bonds. The topological polar surface area (TPSA) is 80.5 Å². The van der Waals surface area contributed by atoms with E-state index in [0.29, 0.717) is 27.6 Å². The van der Waals surface area contributed by atoms with Crippen molar-refractivity contribution in [1.82, 2.24) is 4.57 Å². The van der Waals surface area contributed by atoms with Crippen LogP contribution in [0.5, 0.6) is 0 Å². The van der Waals surface area contributed by atoms with Crippen LogP contribution in [0.2, 0.25) is 5.02 Å². The molecule has 9 heteroatoms. The van der Waals surface area contributed by atoms with Crippen molar-refractivity contribution in [3.63, 3.8) is 0 Å². The van der Waals surface area contributed by atoms with Gasteiger partial charge in [0.25, 0.3) is 15.9 Å². The molecular formula is C23H18ClN3O3S2. The van der Waals surface area contributed by atoms with Crippen molar-refractivity contribution in [1.29, 1.82) is 0 Å². The van der Waals surface area contributed by atoms with Gasteiger partial charge in [0, 0.05) is 22.8 Å². The maximum absolute atomic E-state index is 12.8. The van der Waals surface area contributed by atoms with Crippen molar-refractivity contribution in [2.24, 2.45) is 4.99 Å². The third-order valence-electron chi connectivity index (χ3n) is 4.59. The zero-order valence-electron chi connectivity index (χ0n) is 16.7. The molecule has 32 heavy (non-hydrogen) atoms. The van der Waals surface area contributed by atoms with Crippen LogP contribution in [0, 0.1) is 0 Å². The van der Waals surface area contributed by atoms with Crippen molar-refractivity contribution in [2.45, 2.75) is 11.4 Å². The molecule has 0 spiro atoms. The molecule has 0 aliphatic carbocycles. The minimum atomic E-state index is -3.71. The highest BCUT2D eigenvalue weighted by molar-refractivity contribution is 7.92. The van der Waals surface area contributed by atoms with Crippen molar-refractivity contribution in [2.75, 3.05) is 4.72 Å². The average molecular weight is 484 g/mol. The van der Waals surface area contributed by atoms with E-state index < -0.39 is 15.9 Å².